The minimum absolute atomic E-state index is 0.0411. The fraction of sp³-hybridized carbons (Fsp3) is 0.444. The first-order valence-corrected chi connectivity index (χ1v) is 9.13. The average molecular weight is 344 g/mol. The molecule has 0 aromatic carbocycles. The lowest BCUT2D eigenvalue weighted by Gasteiger charge is -2.32. The van der Waals surface area contributed by atoms with Gasteiger partial charge in [0, 0.05) is 56.4 Å². The number of carbonyl (C=O) groups is 1. The quantitative estimate of drug-likeness (QED) is 0.905. The molecule has 128 valence electrons. The van der Waals surface area contributed by atoms with Gasteiger partial charge in [-0.05, 0) is 42.5 Å². The number of fused-ring (bicyclic) bond motifs is 1. The molecule has 0 saturated carbocycles. The summed E-state index contributed by atoms with van der Waals surface area (Å²) in [6, 6.07) is 6.11. The minimum atomic E-state index is -0.0411. The highest BCUT2D eigenvalue weighted by Gasteiger charge is 2.21. The molecule has 0 fully saturated rings. The Bertz CT molecular complexity index is 713. The van der Waals surface area contributed by atoms with Crippen molar-refractivity contribution in [2.45, 2.75) is 25.9 Å². The first-order chi connectivity index (χ1) is 11.5. The largest absolute Gasteiger partial charge is 0.363 e. The molecule has 2 aromatic heterocycles. The van der Waals surface area contributed by atoms with E-state index in [0.29, 0.717) is 18.2 Å². The SMILES string of the molecule is CC(CNC(=O)c1ccnc(N(C)C)c1)N1CCc2sccc2C1. The van der Waals surface area contributed by atoms with Gasteiger partial charge in [0.05, 0.1) is 0 Å². The summed E-state index contributed by atoms with van der Waals surface area (Å²) in [5, 5.41) is 5.23. The molecule has 1 unspecified atom stereocenters. The van der Waals surface area contributed by atoms with Gasteiger partial charge in [0.25, 0.3) is 5.91 Å². The van der Waals surface area contributed by atoms with E-state index >= 15 is 0 Å². The number of rotatable bonds is 5. The van der Waals surface area contributed by atoms with E-state index < -0.39 is 0 Å². The molecule has 3 heterocycles. The standard InChI is InChI=1S/C18H24N4OS/c1-13(22-8-5-16-15(12-22)6-9-24-16)11-20-18(23)14-4-7-19-17(10-14)21(2)3/h4,6-7,9-10,13H,5,8,11-12H2,1-3H3,(H,20,23). The van der Waals surface area contributed by atoms with Crippen molar-refractivity contribution < 1.29 is 4.79 Å². The van der Waals surface area contributed by atoms with Crippen molar-refractivity contribution in [3.8, 4) is 0 Å². The Hall–Kier alpha value is -1.92. The lowest BCUT2D eigenvalue weighted by molar-refractivity contribution is 0.0932. The van der Waals surface area contributed by atoms with Crippen LogP contribution in [0.2, 0.25) is 0 Å². The molecule has 1 amide bonds. The number of hydrogen-bond acceptors (Lipinski definition) is 5. The van der Waals surface area contributed by atoms with Gasteiger partial charge in [-0.15, -0.1) is 11.3 Å². The van der Waals surface area contributed by atoms with Gasteiger partial charge in [0.2, 0.25) is 0 Å². The van der Waals surface area contributed by atoms with Gasteiger partial charge in [0.1, 0.15) is 5.82 Å². The van der Waals surface area contributed by atoms with Crippen LogP contribution < -0.4 is 10.2 Å². The van der Waals surface area contributed by atoms with Crippen LogP contribution in [0.4, 0.5) is 5.82 Å². The monoisotopic (exact) mass is 344 g/mol. The molecule has 0 radical (unpaired) electrons. The molecule has 1 aliphatic heterocycles. The predicted molar refractivity (Wildman–Crippen MR) is 98.8 cm³/mol. The Morgan fingerprint density at radius 3 is 3.08 bits per heavy atom. The number of thiophene rings is 1. The number of carbonyl (C=O) groups excluding carboxylic acids is 1. The highest BCUT2D eigenvalue weighted by Crippen LogP contribution is 2.25. The summed E-state index contributed by atoms with van der Waals surface area (Å²) in [4.78, 5) is 22.5. The number of aromatic nitrogens is 1. The van der Waals surface area contributed by atoms with E-state index in [0.717, 1.165) is 25.3 Å². The molecule has 0 saturated heterocycles. The molecule has 0 bridgehead atoms. The molecule has 5 nitrogen and oxygen atoms in total. The van der Waals surface area contributed by atoms with E-state index in [4.69, 9.17) is 0 Å². The summed E-state index contributed by atoms with van der Waals surface area (Å²) in [5.41, 5.74) is 2.09. The van der Waals surface area contributed by atoms with Gasteiger partial charge < -0.3 is 10.2 Å². The molecule has 24 heavy (non-hydrogen) atoms. The van der Waals surface area contributed by atoms with Crippen LogP contribution >= 0.6 is 11.3 Å². The number of nitrogens with one attached hydrogen (secondary N) is 1. The highest BCUT2D eigenvalue weighted by atomic mass is 32.1. The first-order valence-electron chi connectivity index (χ1n) is 8.25. The number of hydrogen-bond donors (Lipinski definition) is 1. The molecule has 6 heteroatoms. The van der Waals surface area contributed by atoms with Crippen molar-refractivity contribution in [2.75, 3.05) is 32.1 Å². The van der Waals surface area contributed by atoms with Crippen LogP contribution in [0.25, 0.3) is 0 Å². The maximum Gasteiger partial charge on any atom is 0.251 e. The zero-order chi connectivity index (χ0) is 17.1. The highest BCUT2D eigenvalue weighted by molar-refractivity contribution is 7.10. The van der Waals surface area contributed by atoms with E-state index in [9.17, 15) is 4.79 Å². The fourth-order valence-corrected chi connectivity index (χ4v) is 3.81. The zero-order valence-electron chi connectivity index (χ0n) is 14.5. The Morgan fingerprint density at radius 1 is 1.46 bits per heavy atom. The number of anilines is 1. The summed E-state index contributed by atoms with van der Waals surface area (Å²) in [5.74, 6) is 0.747. The molecule has 1 aliphatic rings. The van der Waals surface area contributed by atoms with Gasteiger partial charge in [-0.2, -0.15) is 0 Å². The predicted octanol–water partition coefficient (Wildman–Crippen LogP) is 2.39. The lowest BCUT2D eigenvalue weighted by Crippen LogP contribution is -2.44. The Labute approximate surface area is 147 Å². The minimum Gasteiger partial charge on any atom is -0.363 e. The van der Waals surface area contributed by atoms with Crippen molar-refractivity contribution in [2.24, 2.45) is 0 Å². The van der Waals surface area contributed by atoms with Gasteiger partial charge in [-0.25, -0.2) is 4.98 Å². The smallest absolute Gasteiger partial charge is 0.251 e. The van der Waals surface area contributed by atoms with Crippen LogP contribution in [0.1, 0.15) is 27.7 Å². The molecular weight excluding hydrogens is 320 g/mol. The van der Waals surface area contributed by atoms with Crippen LogP contribution in [0.3, 0.4) is 0 Å². The van der Waals surface area contributed by atoms with E-state index in [1.165, 1.54) is 10.4 Å². The van der Waals surface area contributed by atoms with Crippen molar-refractivity contribution in [1.29, 1.82) is 0 Å². The van der Waals surface area contributed by atoms with Crippen LogP contribution in [0.5, 0.6) is 0 Å². The van der Waals surface area contributed by atoms with E-state index in [-0.39, 0.29) is 5.91 Å². The summed E-state index contributed by atoms with van der Waals surface area (Å²) in [6.07, 6.45) is 2.79. The second-order valence-electron chi connectivity index (χ2n) is 6.45. The van der Waals surface area contributed by atoms with E-state index in [1.54, 1.807) is 12.3 Å². The summed E-state index contributed by atoms with van der Waals surface area (Å²) < 4.78 is 0. The van der Waals surface area contributed by atoms with Gasteiger partial charge in [-0.1, -0.05) is 0 Å². The molecule has 1 N–H and O–H groups in total. The average Bonchev–Trinajstić information content (AvgIpc) is 3.07. The second-order valence-corrected chi connectivity index (χ2v) is 7.45. The molecule has 3 rings (SSSR count). The van der Waals surface area contributed by atoms with Crippen molar-refractivity contribution in [1.82, 2.24) is 15.2 Å². The van der Waals surface area contributed by atoms with Crippen molar-refractivity contribution in [3.05, 3.63) is 45.8 Å². The Balaban J connectivity index is 1.55. The number of pyridine rings is 1. The molecule has 2 aromatic rings. The summed E-state index contributed by atoms with van der Waals surface area (Å²) in [7, 11) is 3.84. The third-order valence-electron chi connectivity index (χ3n) is 4.48. The molecule has 0 spiro atoms. The van der Waals surface area contributed by atoms with E-state index in [2.05, 4.69) is 33.6 Å². The third kappa shape index (κ3) is 3.76. The number of amides is 1. The van der Waals surface area contributed by atoms with Crippen LogP contribution in [-0.4, -0.2) is 49.0 Å². The fourth-order valence-electron chi connectivity index (χ4n) is 2.92. The van der Waals surface area contributed by atoms with Gasteiger partial charge in [-0.3, -0.25) is 9.69 Å². The zero-order valence-corrected chi connectivity index (χ0v) is 15.3. The van der Waals surface area contributed by atoms with Gasteiger partial charge in [0.15, 0.2) is 0 Å². The molecule has 0 aliphatic carbocycles. The normalized spacial score (nSPS) is 15.6. The topological polar surface area (TPSA) is 48.5 Å². The van der Waals surface area contributed by atoms with E-state index in [1.807, 2.05) is 36.4 Å². The summed E-state index contributed by atoms with van der Waals surface area (Å²) >= 11 is 1.85. The van der Waals surface area contributed by atoms with Gasteiger partial charge >= 0.3 is 0 Å². The van der Waals surface area contributed by atoms with Crippen molar-refractivity contribution >= 4 is 23.1 Å². The Morgan fingerprint density at radius 2 is 2.29 bits per heavy atom. The maximum absolute atomic E-state index is 12.4. The first kappa shape index (κ1) is 16.9. The lowest BCUT2D eigenvalue weighted by atomic mass is 10.1. The van der Waals surface area contributed by atoms with Crippen LogP contribution in [0, 0.1) is 0 Å². The molecule has 1 atom stereocenters. The van der Waals surface area contributed by atoms with Crippen molar-refractivity contribution in [3.63, 3.8) is 0 Å². The second kappa shape index (κ2) is 7.32. The Kier molecular flexibility index (Phi) is 5.16. The van der Waals surface area contributed by atoms with Crippen LogP contribution in [0.15, 0.2) is 29.8 Å². The maximum atomic E-state index is 12.4. The number of nitrogens with zero attached hydrogens (tertiary/aromatic N) is 3. The third-order valence-corrected chi connectivity index (χ3v) is 5.51. The molecular formula is C18H24N4OS. The van der Waals surface area contributed by atoms with Crippen LogP contribution in [-0.2, 0) is 13.0 Å². The summed E-state index contributed by atoms with van der Waals surface area (Å²) in [6.45, 7) is 4.87.